The van der Waals surface area contributed by atoms with Crippen LogP contribution in [-0.2, 0) is 19.6 Å². The van der Waals surface area contributed by atoms with Gasteiger partial charge in [0.2, 0.25) is 15.9 Å². The van der Waals surface area contributed by atoms with Gasteiger partial charge in [0.15, 0.2) is 11.8 Å². The summed E-state index contributed by atoms with van der Waals surface area (Å²) in [6.45, 7) is 0.0597. The minimum absolute atomic E-state index is 0.0192. The van der Waals surface area contributed by atoms with E-state index in [9.17, 15) is 18.0 Å². The second-order valence-corrected chi connectivity index (χ2v) is 6.74. The standard InChI is InChI=1S/C14H17N2O5S/c1-21-10-5-7-11(8-6-10)22(19,20)16-9-3-2-4-12(17)13(16)14(15)18/h4-8,13H,2-3,9H2,1H3,(H2,15,18). The minimum Gasteiger partial charge on any atom is -0.497 e. The molecule has 0 saturated carbocycles. The van der Waals surface area contributed by atoms with Crippen molar-refractivity contribution in [2.75, 3.05) is 13.7 Å². The third kappa shape index (κ3) is 3.12. The lowest BCUT2D eigenvalue weighted by Crippen LogP contribution is -2.51. The SMILES string of the molecule is COc1ccc(S(=O)(=O)N2CCC[CH]C(=O)C2C(N)=O)cc1. The third-order valence-corrected chi connectivity index (χ3v) is 5.30. The summed E-state index contributed by atoms with van der Waals surface area (Å²) in [6.07, 6.45) is 2.18. The molecule has 7 nitrogen and oxygen atoms in total. The van der Waals surface area contributed by atoms with Crippen molar-refractivity contribution in [3.8, 4) is 5.75 Å². The van der Waals surface area contributed by atoms with E-state index in [1.165, 1.54) is 37.8 Å². The van der Waals surface area contributed by atoms with Gasteiger partial charge in [0, 0.05) is 13.0 Å². The van der Waals surface area contributed by atoms with Crippen molar-refractivity contribution in [3.63, 3.8) is 0 Å². The predicted molar refractivity (Wildman–Crippen MR) is 78.4 cm³/mol. The summed E-state index contributed by atoms with van der Waals surface area (Å²) >= 11 is 0. The Labute approximate surface area is 129 Å². The molecule has 1 unspecified atom stereocenters. The normalized spacial score (nSPS) is 20.4. The van der Waals surface area contributed by atoms with E-state index in [-0.39, 0.29) is 11.4 Å². The molecule has 1 atom stereocenters. The molecule has 1 amide bonds. The molecule has 1 aromatic rings. The summed E-state index contributed by atoms with van der Waals surface area (Å²) in [5.41, 5.74) is 5.23. The van der Waals surface area contributed by atoms with Crippen LogP contribution in [0, 0.1) is 6.42 Å². The Morgan fingerprint density at radius 3 is 2.50 bits per heavy atom. The van der Waals surface area contributed by atoms with Crippen molar-refractivity contribution >= 4 is 21.7 Å². The average molecular weight is 325 g/mol. The van der Waals surface area contributed by atoms with Crippen molar-refractivity contribution in [1.82, 2.24) is 4.31 Å². The molecular formula is C14H17N2O5S. The molecule has 8 heteroatoms. The zero-order valence-electron chi connectivity index (χ0n) is 12.1. The lowest BCUT2D eigenvalue weighted by atomic mass is 10.1. The van der Waals surface area contributed by atoms with Crippen molar-refractivity contribution in [1.29, 1.82) is 0 Å². The number of primary amides is 1. The zero-order chi connectivity index (χ0) is 16.3. The van der Waals surface area contributed by atoms with Gasteiger partial charge in [-0.15, -0.1) is 0 Å². The fourth-order valence-electron chi connectivity index (χ4n) is 2.30. The molecule has 0 aliphatic carbocycles. The molecule has 1 saturated heterocycles. The summed E-state index contributed by atoms with van der Waals surface area (Å²) in [7, 11) is -2.53. The monoisotopic (exact) mass is 325 g/mol. The van der Waals surface area contributed by atoms with Crippen molar-refractivity contribution in [2.24, 2.45) is 5.73 Å². The van der Waals surface area contributed by atoms with Gasteiger partial charge in [0.1, 0.15) is 5.75 Å². The second kappa shape index (κ2) is 6.45. The Balaban J connectivity index is 2.43. The number of nitrogens with zero attached hydrogens (tertiary/aromatic N) is 1. The molecule has 0 spiro atoms. The number of benzene rings is 1. The lowest BCUT2D eigenvalue weighted by molar-refractivity contribution is -0.129. The van der Waals surface area contributed by atoms with Crippen LogP contribution in [0.25, 0.3) is 0 Å². The number of Topliss-reactive ketones (excluding diaryl/α,β-unsaturated/α-hetero) is 1. The summed E-state index contributed by atoms with van der Waals surface area (Å²) in [5.74, 6) is -1.05. The largest absolute Gasteiger partial charge is 0.497 e. The van der Waals surface area contributed by atoms with Crippen LogP contribution in [0.5, 0.6) is 5.75 Å². The molecule has 1 aromatic carbocycles. The summed E-state index contributed by atoms with van der Waals surface area (Å²) in [5, 5.41) is 0. The van der Waals surface area contributed by atoms with Gasteiger partial charge in [-0.1, -0.05) is 0 Å². The van der Waals surface area contributed by atoms with Crippen LogP contribution in [0.2, 0.25) is 0 Å². The van der Waals surface area contributed by atoms with Gasteiger partial charge < -0.3 is 10.5 Å². The summed E-state index contributed by atoms with van der Waals surface area (Å²) < 4.78 is 31.3. The average Bonchev–Trinajstić information content (AvgIpc) is 2.69. The quantitative estimate of drug-likeness (QED) is 0.791. The topological polar surface area (TPSA) is 107 Å². The molecule has 1 heterocycles. The number of amides is 1. The van der Waals surface area contributed by atoms with Crippen LogP contribution in [0.15, 0.2) is 29.2 Å². The van der Waals surface area contributed by atoms with Crippen molar-refractivity contribution in [3.05, 3.63) is 30.7 Å². The van der Waals surface area contributed by atoms with E-state index in [1.807, 2.05) is 0 Å². The second-order valence-electron chi connectivity index (χ2n) is 4.84. The molecule has 0 bridgehead atoms. The smallest absolute Gasteiger partial charge is 0.244 e. The molecule has 1 aliphatic rings. The number of rotatable bonds is 4. The highest BCUT2D eigenvalue weighted by atomic mass is 32.2. The Hall–Kier alpha value is -1.93. The fraction of sp³-hybridized carbons (Fsp3) is 0.357. The number of carbonyl (C=O) groups excluding carboxylic acids is 2. The maximum atomic E-state index is 12.7. The van der Waals surface area contributed by atoms with Gasteiger partial charge in [-0.3, -0.25) is 9.59 Å². The first-order chi connectivity index (χ1) is 10.4. The van der Waals surface area contributed by atoms with E-state index in [4.69, 9.17) is 10.5 Å². The molecule has 119 valence electrons. The van der Waals surface area contributed by atoms with E-state index >= 15 is 0 Å². The predicted octanol–water partition coefficient (Wildman–Crippen LogP) is 0.107. The van der Waals surface area contributed by atoms with Crippen LogP contribution < -0.4 is 10.5 Å². The van der Waals surface area contributed by atoms with Gasteiger partial charge in [0.25, 0.3) is 0 Å². The highest BCUT2D eigenvalue weighted by Gasteiger charge is 2.40. The number of methoxy groups -OCH3 is 1. The van der Waals surface area contributed by atoms with Gasteiger partial charge in [-0.2, -0.15) is 4.31 Å². The number of ether oxygens (including phenoxy) is 1. The first kappa shape index (κ1) is 16.4. The van der Waals surface area contributed by atoms with Crippen LogP contribution in [0.1, 0.15) is 12.8 Å². The van der Waals surface area contributed by atoms with Crippen LogP contribution in [-0.4, -0.2) is 44.1 Å². The number of carbonyl (C=O) groups is 2. The Bertz CT molecular complexity index is 669. The lowest BCUT2D eigenvalue weighted by Gasteiger charge is -2.25. The van der Waals surface area contributed by atoms with Crippen molar-refractivity contribution < 1.29 is 22.7 Å². The number of sulfonamides is 1. The zero-order valence-corrected chi connectivity index (χ0v) is 12.9. The van der Waals surface area contributed by atoms with Gasteiger partial charge in [-0.05, 0) is 37.1 Å². The highest BCUT2D eigenvalue weighted by Crippen LogP contribution is 2.24. The van der Waals surface area contributed by atoms with Crippen molar-refractivity contribution in [2.45, 2.75) is 23.8 Å². The van der Waals surface area contributed by atoms with Gasteiger partial charge >= 0.3 is 0 Å². The number of hydrogen-bond acceptors (Lipinski definition) is 5. The van der Waals surface area contributed by atoms with E-state index in [0.29, 0.717) is 18.6 Å². The maximum Gasteiger partial charge on any atom is 0.244 e. The molecule has 1 radical (unpaired) electrons. The molecule has 2 N–H and O–H groups in total. The van der Waals surface area contributed by atoms with E-state index in [0.717, 1.165) is 4.31 Å². The van der Waals surface area contributed by atoms with Crippen LogP contribution in [0.3, 0.4) is 0 Å². The molecule has 22 heavy (non-hydrogen) atoms. The van der Waals surface area contributed by atoms with E-state index < -0.39 is 27.8 Å². The molecule has 1 aliphatic heterocycles. The Morgan fingerprint density at radius 1 is 1.32 bits per heavy atom. The molecular weight excluding hydrogens is 308 g/mol. The number of nitrogens with two attached hydrogens (primary N) is 1. The fourth-order valence-corrected chi connectivity index (χ4v) is 3.90. The Morgan fingerprint density at radius 2 is 1.95 bits per heavy atom. The van der Waals surface area contributed by atoms with Crippen LogP contribution >= 0.6 is 0 Å². The van der Waals surface area contributed by atoms with Crippen LogP contribution in [0.4, 0.5) is 0 Å². The van der Waals surface area contributed by atoms with Gasteiger partial charge in [0.05, 0.1) is 12.0 Å². The highest BCUT2D eigenvalue weighted by molar-refractivity contribution is 7.89. The molecule has 0 aromatic heterocycles. The summed E-state index contributed by atoms with van der Waals surface area (Å²) in [4.78, 5) is 23.5. The number of ketones is 1. The maximum absolute atomic E-state index is 12.7. The first-order valence-electron chi connectivity index (χ1n) is 6.70. The van der Waals surface area contributed by atoms with E-state index in [1.54, 1.807) is 0 Å². The van der Waals surface area contributed by atoms with E-state index in [2.05, 4.69) is 0 Å². The number of hydrogen-bond donors (Lipinski definition) is 1. The first-order valence-corrected chi connectivity index (χ1v) is 8.14. The summed E-state index contributed by atoms with van der Waals surface area (Å²) in [6, 6.07) is 4.24. The Kier molecular flexibility index (Phi) is 4.82. The molecule has 2 rings (SSSR count). The van der Waals surface area contributed by atoms with Gasteiger partial charge in [-0.25, -0.2) is 8.42 Å². The molecule has 1 fully saturated rings. The third-order valence-electron chi connectivity index (χ3n) is 3.42. The minimum atomic E-state index is -4.00.